The van der Waals surface area contributed by atoms with Gasteiger partial charge in [0.15, 0.2) is 0 Å². The molecule has 1 aliphatic carbocycles. The lowest BCUT2D eigenvalue weighted by molar-refractivity contribution is -0.0449. The van der Waals surface area contributed by atoms with Gasteiger partial charge in [0.2, 0.25) is 0 Å². The lowest BCUT2D eigenvalue weighted by Gasteiger charge is -2.38. The fourth-order valence-electron chi connectivity index (χ4n) is 5.18. The normalized spacial score (nSPS) is 27.9. The van der Waals surface area contributed by atoms with Crippen molar-refractivity contribution >= 4 is 5.97 Å². The van der Waals surface area contributed by atoms with E-state index in [1.165, 1.54) is 17.5 Å². The van der Waals surface area contributed by atoms with Crippen molar-refractivity contribution in [3.8, 4) is 0 Å². The maximum atomic E-state index is 11.0. The summed E-state index contributed by atoms with van der Waals surface area (Å²) < 4.78 is 6.35. The summed E-state index contributed by atoms with van der Waals surface area (Å²) in [6.07, 6.45) is 4.50. The van der Waals surface area contributed by atoms with E-state index in [1.54, 1.807) is 12.1 Å². The highest BCUT2D eigenvalue weighted by atomic mass is 16.5. The summed E-state index contributed by atoms with van der Waals surface area (Å²) in [5.41, 5.74) is 3.01. The molecule has 2 aromatic rings. The number of nitrogens with one attached hydrogen (secondary N) is 1. The van der Waals surface area contributed by atoms with Gasteiger partial charge in [-0.3, -0.25) is 4.90 Å². The van der Waals surface area contributed by atoms with Crippen LogP contribution >= 0.6 is 0 Å². The third-order valence-electron chi connectivity index (χ3n) is 7.05. The molecule has 2 aromatic carbocycles. The Morgan fingerprint density at radius 2 is 1.83 bits per heavy atom. The summed E-state index contributed by atoms with van der Waals surface area (Å²) >= 11 is 0. The topological polar surface area (TPSA) is 61.8 Å². The van der Waals surface area contributed by atoms with Gasteiger partial charge in [-0.2, -0.15) is 0 Å². The molecule has 2 aliphatic heterocycles. The van der Waals surface area contributed by atoms with Crippen LogP contribution in [0.3, 0.4) is 0 Å². The number of hydrogen-bond donors (Lipinski definition) is 2. The van der Waals surface area contributed by atoms with Crippen molar-refractivity contribution in [2.45, 2.75) is 55.8 Å². The zero-order valence-corrected chi connectivity index (χ0v) is 17.3. The predicted molar refractivity (Wildman–Crippen MR) is 116 cm³/mol. The largest absolute Gasteiger partial charge is 0.478 e. The number of likely N-dealkylation sites (tertiary alicyclic amines) is 1. The quantitative estimate of drug-likeness (QED) is 0.767. The maximum Gasteiger partial charge on any atom is 0.335 e. The van der Waals surface area contributed by atoms with Crippen LogP contribution in [0.4, 0.5) is 0 Å². The second-order valence-electron chi connectivity index (χ2n) is 9.20. The van der Waals surface area contributed by atoms with Crippen molar-refractivity contribution in [3.05, 3.63) is 71.3 Å². The number of benzene rings is 2. The first-order valence-electron chi connectivity index (χ1n) is 11.1. The Balaban J connectivity index is 1.09. The highest BCUT2D eigenvalue weighted by Gasteiger charge is 2.46. The van der Waals surface area contributed by atoms with E-state index in [0.29, 0.717) is 23.6 Å². The Kier molecular flexibility index (Phi) is 5.35. The third-order valence-corrected chi connectivity index (χ3v) is 7.05. The van der Waals surface area contributed by atoms with Gasteiger partial charge in [-0.25, -0.2) is 4.79 Å². The number of aromatic carboxylic acids is 1. The molecule has 30 heavy (non-hydrogen) atoms. The average molecular weight is 407 g/mol. The van der Waals surface area contributed by atoms with E-state index in [-0.39, 0.29) is 5.60 Å². The molecule has 2 N–H and O–H groups in total. The molecule has 5 nitrogen and oxygen atoms in total. The van der Waals surface area contributed by atoms with Crippen molar-refractivity contribution in [2.24, 2.45) is 0 Å². The monoisotopic (exact) mass is 406 g/mol. The number of carboxylic acids is 1. The Hall–Kier alpha value is -2.21. The van der Waals surface area contributed by atoms with Crippen LogP contribution in [0.25, 0.3) is 0 Å². The van der Waals surface area contributed by atoms with Gasteiger partial charge in [-0.1, -0.05) is 42.5 Å². The van der Waals surface area contributed by atoms with Gasteiger partial charge in [-0.15, -0.1) is 0 Å². The van der Waals surface area contributed by atoms with Crippen molar-refractivity contribution in [2.75, 3.05) is 19.7 Å². The second-order valence-corrected chi connectivity index (χ2v) is 9.20. The van der Waals surface area contributed by atoms with E-state index in [9.17, 15) is 4.79 Å². The van der Waals surface area contributed by atoms with Gasteiger partial charge in [0.25, 0.3) is 0 Å². The Bertz CT molecular complexity index is 875. The minimum atomic E-state index is -0.871. The van der Waals surface area contributed by atoms with Crippen LogP contribution in [0.2, 0.25) is 0 Å². The smallest absolute Gasteiger partial charge is 0.335 e. The molecule has 5 rings (SSSR count). The lowest BCUT2D eigenvalue weighted by Crippen LogP contribution is -2.44. The first kappa shape index (κ1) is 19.7. The molecular weight excluding hydrogens is 376 g/mol. The van der Waals surface area contributed by atoms with Crippen LogP contribution in [-0.2, 0) is 11.3 Å². The molecule has 2 heterocycles. The summed E-state index contributed by atoms with van der Waals surface area (Å²) in [7, 11) is 0. The van der Waals surface area contributed by atoms with Gasteiger partial charge in [0.05, 0.1) is 17.8 Å². The van der Waals surface area contributed by atoms with E-state index in [4.69, 9.17) is 9.84 Å². The lowest BCUT2D eigenvalue weighted by atomic mass is 9.87. The Morgan fingerprint density at radius 1 is 1.10 bits per heavy atom. The van der Waals surface area contributed by atoms with Gasteiger partial charge in [0.1, 0.15) is 0 Å². The molecule has 3 fully saturated rings. The maximum absolute atomic E-state index is 11.0. The average Bonchev–Trinajstić information content (AvgIpc) is 3.43. The number of hydrogen-bond acceptors (Lipinski definition) is 4. The SMILES string of the molecule is O=C(O)c1ccc(CN2CCC3(CC2)CC(N[C@@H]2C[C@H]2c2ccccc2)CO3)cc1. The predicted octanol–water partition coefficient (Wildman–Crippen LogP) is 3.65. The van der Waals surface area contributed by atoms with Crippen molar-refractivity contribution in [1.29, 1.82) is 0 Å². The van der Waals surface area contributed by atoms with E-state index >= 15 is 0 Å². The van der Waals surface area contributed by atoms with E-state index in [2.05, 4.69) is 40.5 Å². The van der Waals surface area contributed by atoms with E-state index < -0.39 is 5.97 Å². The van der Waals surface area contributed by atoms with Crippen LogP contribution in [0.15, 0.2) is 54.6 Å². The molecule has 0 aromatic heterocycles. The minimum absolute atomic E-state index is 0.0401. The van der Waals surface area contributed by atoms with Gasteiger partial charge in [0, 0.05) is 37.6 Å². The fraction of sp³-hybridized carbons (Fsp3) is 0.480. The highest BCUT2D eigenvalue weighted by molar-refractivity contribution is 5.87. The molecule has 0 amide bonds. The van der Waals surface area contributed by atoms with Crippen molar-refractivity contribution < 1.29 is 14.6 Å². The zero-order valence-electron chi connectivity index (χ0n) is 17.3. The van der Waals surface area contributed by atoms with Crippen molar-refractivity contribution in [1.82, 2.24) is 10.2 Å². The summed E-state index contributed by atoms with van der Waals surface area (Å²) in [5, 5.41) is 12.9. The molecule has 0 bridgehead atoms. The van der Waals surface area contributed by atoms with Gasteiger partial charge < -0.3 is 15.2 Å². The first-order chi connectivity index (χ1) is 14.6. The molecule has 1 saturated carbocycles. The zero-order chi connectivity index (χ0) is 20.6. The van der Waals surface area contributed by atoms with Crippen LogP contribution in [0, 0.1) is 0 Å². The summed E-state index contributed by atoms with van der Waals surface area (Å²) in [6.45, 7) is 3.76. The first-order valence-corrected chi connectivity index (χ1v) is 11.1. The standard InChI is InChI=1S/C25H30N2O3/c28-24(29)20-8-6-18(7-9-20)16-27-12-10-25(11-13-27)15-21(17-30-25)26-23-14-22(23)19-4-2-1-3-5-19/h1-9,21-23,26H,10-17H2,(H,28,29)/t21?,22-,23+/m0/s1. The number of carbonyl (C=O) groups is 1. The van der Waals surface area contributed by atoms with Crippen LogP contribution in [-0.4, -0.2) is 53.4 Å². The molecule has 2 saturated heterocycles. The third kappa shape index (κ3) is 4.29. The number of carboxylic acid groups (broad SMARTS) is 1. The number of rotatable bonds is 6. The molecular formula is C25H30N2O3. The molecule has 158 valence electrons. The Labute approximate surface area is 178 Å². The van der Waals surface area contributed by atoms with Crippen LogP contribution in [0.5, 0.6) is 0 Å². The number of ether oxygens (including phenoxy) is 1. The summed E-state index contributed by atoms with van der Waals surface area (Å²) in [6, 6.07) is 19.1. The van der Waals surface area contributed by atoms with E-state index in [0.717, 1.165) is 45.5 Å². The summed E-state index contributed by atoms with van der Waals surface area (Å²) in [4.78, 5) is 13.5. The van der Waals surface area contributed by atoms with Gasteiger partial charge in [-0.05, 0) is 48.9 Å². The fourth-order valence-corrected chi connectivity index (χ4v) is 5.18. The molecule has 3 atom stereocenters. The van der Waals surface area contributed by atoms with Gasteiger partial charge >= 0.3 is 5.97 Å². The highest BCUT2D eigenvalue weighted by Crippen LogP contribution is 2.43. The minimum Gasteiger partial charge on any atom is -0.478 e. The van der Waals surface area contributed by atoms with Crippen LogP contribution in [0.1, 0.15) is 53.1 Å². The number of piperidine rings is 1. The second kappa shape index (κ2) is 8.14. The van der Waals surface area contributed by atoms with Crippen LogP contribution < -0.4 is 5.32 Å². The Morgan fingerprint density at radius 3 is 2.53 bits per heavy atom. The number of nitrogens with zero attached hydrogens (tertiary/aromatic N) is 1. The molecule has 1 spiro atoms. The molecule has 5 heteroatoms. The molecule has 0 radical (unpaired) electrons. The molecule has 3 aliphatic rings. The molecule has 1 unspecified atom stereocenters. The van der Waals surface area contributed by atoms with E-state index in [1.807, 2.05) is 12.1 Å². The van der Waals surface area contributed by atoms with Crippen molar-refractivity contribution in [3.63, 3.8) is 0 Å². The summed E-state index contributed by atoms with van der Waals surface area (Å²) in [5.74, 6) is -0.207.